The Morgan fingerprint density at radius 2 is 1.90 bits per heavy atom. The predicted octanol–water partition coefficient (Wildman–Crippen LogP) is 3.58. The summed E-state index contributed by atoms with van der Waals surface area (Å²) in [6.07, 6.45) is 4.58. The molecular weight excluding hydrogens is 282 g/mol. The van der Waals surface area contributed by atoms with Gasteiger partial charge in [-0.1, -0.05) is 30.3 Å². The Morgan fingerprint density at radius 1 is 1.10 bits per heavy atom. The van der Waals surface area contributed by atoms with E-state index >= 15 is 0 Å². The maximum atomic E-state index is 11.6. The van der Waals surface area contributed by atoms with E-state index in [-0.39, 0.29) is 6.04 Å². The van der Waals surface area contributed by atoms with Crippen molar-refractivity contribution in [3.05, 3.63) is 59.7 Å². The van der Waals surface area contributed by atoms with Crippen LogP contribution >= 0.6 is 0 Å². The summed E-state index contributed by atoms with van der Waals surface area (Å²) in [7, 11) is -3.17. The molecular formula is C17H19NO2S. The lowest BCUT2D eigenvalue weighted by molar-refractivity contribution is 0.598. The van der Waals surface area contributed by atoms with Gasteiger partial charge in [-0.25, -0.2) is 8.42 Å². The number of sulfone groups is 1. The van der Waals surface area contributed by atoms with Crippen LogP contribution in [0, 0.1) is 0 Å². The number of anilines is 1. The number of benzene rings is 2. The summed E-state index contributed by atoms with van der Waals surface area (Å²) in [6.45, 7) is 0. The zero-order chi connectivity index (χ0) is 14.9. The minimum atomic E-state index is -3.17. The fraction of sp³-hybridized carbons (Fsp3) is 0.294. The molecule has 0 aromatic heterocycles. The highest BCUT2D eigenvalue weighted by atomic mass is 32.2. The van der Waals surface area contributed by atoms with Gasteiger partial charge in [-0.05, 0) is 48.6 Å². The fourth-order valence-electron chi connectivity index (χ4n) is 2.92. The molecule has 0 spiro atoms. The van der Waals surface area contributed by atoms with Crippen LogP contribution in [0.3, 0.4) is 0 Å². The topological polar surface area (TPSA) is 46.2 Å². The molecule has 0 radical (unpaired) electrons. The second-order valence-electron chi connectivity index (χ2n) is 5.59. The third-order valence-corrected chi connectivity index (χ3v) is 5.08. The predicted molar refractivity (Wildman–Crippen MR) is 85.3 cm³/mol. The number of hydrogen-bond acceptors (Lipinski definition) is 3. The SMILES string of the molecule is CS(=O)(=O)c1cccc(NC2CCCc3ccccc32)c1. The zero-order valence-electron chi connectivity index (χ0n) is 12.0. The van der Waals surface area contributed by atoms with E-state index in [1.165, 1.54) is 17.4 Å². The van der Waals surface area contributed by atoms with Crippen molar-refractivity contribution in [3.63, 3.8) is 0 Å². The summed E-state index contributed by atoms with van der Waals surface area (Å²) in [5, 5.41) is 3.49. The van der Waals surface area contributed by atoms with Gasteiger partial charge in [0.05, 0.1) is 10.9 Å². The number of nitrogens with one attached hydrogen (secondary N) is 1. The van der Waals surface area contributed by atoms with Gasteiger partial charge in [0, 0.05) is 11.9 Å². The first kappa shape index (κ1) is 14.1. The lowest BCUT2D eigenvalue weighted by Gasteiger charge is -2.27. The van der Waals surface area contributed by atoms with E-state index in [2.05, 4.69) is 29.6 Å². The summed E-state index contributed by atoms with van der Waals surface area (Å²) in [5.41, 5.74) is 3.58. The van der Waals surface area contributed by atoms with Crippen LogP contribution in [0.2, 0.25) is 0 Å². The molecule has 3 nitrogen and oxygen atoms in total. The second kappa shape index (κ2) is 5.53. The summed E-state index contributed by atoms with van der Waals surface area (Å²) < 4.78 is 23.3. The van der Waals surface area contributed by atoms with Crippen LogP contribution in [0.15, 0.2) is 53.4 Å². The van der Waals surface area contributed by atoms with Crippen molar-refractivity contribution in [3.8, 4) is 0 Å². The molecule has 0 aliphatic heterocycles. The van der Waals surface area contributed by atoms with E-state index in [0.717, 1.165) is 24.9 Å². The number of aryl methyl sites for hydroxylation is 1. The van der Waals surface area contributed by atoms with Crippen molar-refractivity contribution in [1.82, 2.24) is 0 Å². The van der Waals surface area contributed by atoms with Gasteiger partial charge in [-0.3, -0.25) is 0 Å². The van der Waals surface area contributed by atoms with Crippen molar-refractivity contribution in [1.29, 1.82) is 0 Å². The molecule has 0 fully saturated rings. The highest BCUT2D eigenvalue weighted by Gasteiger charge is 2.19. The van der Waals surface area contributed by atoms with Crippen molar-refractivity contribution in [2.75, 3.05) is 11.6 Å². The van der Waals surface area contributed by atoms with Crippen LogP contribution in [-0.4, -0.2) is 14.7 Å². The molecule has 2 aromatic carbocycles. The Labute approximate surface area is 125 Å². The number of rotatable bonds is 3. The van der Waals surface area contributed by atoms with Crippen LogP contribution < -0.4 is 5.32 Å². The lowest BCUT2D eigenvalue weighted by atomic mass is 9.87. The van der Waals surface area contributed by atoms with Gasteiger partial charge in [0.1, 0.15) is 0 Å². The van der Waals surface area contributed by atoms with E-state index in [1.807, 2.05) is 6.07 Å². The fourth-order valence-corrected chi connectivity index (χ4v) is 3.59. The Balaban J connectivity index is 1.89. The minimum Gasteiger partial charge on any atom is -0.378 e. The molecule has 0 heterocycles. The molecule has 0 amide bonds. The number of hydrogen-bond donors (Lipinski definition) is 1. The maximum absolute atomic E-state index is 11.6. The Morgan fingerprint density at radius 3 is 2.71 bits per heavy atom. The van der Waals surface area contributed by atoms with Crippen molar-refractivity contribution >= 4 is 15.5 Å². The summed E-state index contributed by atoms with van der Waals surface area (Å²) in [6, 6.07) is 15.8. The molecule has 1 N–H and O–H groups in total. The summed E-state index contributed by atoms with van der Waals surface area (Å²) in [5.74, 6) is 0. The van der Waals surface area contributed by atoms with Gasteiger partial charge >= 0.3 is 0 Å². The van der Waals surface area contributed by atoms with Gasteiger partial charge in [0.25, 0.3) is 0 Å². The van der Waals surface area contributed by atoms with Gasteiger partial charge in [-0.15, -0.1) is 0 Å². The highest BCUT2D eigenvalue weighted by molar-refractivity contribution is 7.90. The first-order chi connectivity index (χ1) is 10.0. The second-order valence-corrected chi connectivity index (χ2v) is 7.60. The van der Waals surface area contributed by atoms with E-state index in [0.29, 0.717) is 4.90 Å². The molecule has 110 valence electrons. The van der Waals surface area contributed by atoms with E-state index in [9.17, 15) is 8.42 Å². The molecule has 4 heteroatoms. The van der Waals surface area contributed by atoms with E-state index < -0.39 is 9.84 Å². The van der Waals surface area contributed by atoms with Crippen LogP contribution in [0.1, 0.15) is 30.0 Å². The molecule has 3 rings (SSSR count). The van der Waals surface area contributed by atoms with Crippen LogP contribution in [-0.2, 0) is 16.3 Å². The molecule has 1 aliphatic carbocycles. The molecule has 1 atom stereocenters. The molecule has 0 saturated carbocycles. The lowest BCUT2D eigenvalue weighted by Crippen LogP contribution is -2.17. The smallest absolute Gasteiger partial charge is 0.175 e. The largest absolute Gasteiger partial charge is 0.378 e. The average molecular weight is 301 g/mol. The van der Waals surface area contributed by atoms with Crippen LogP contribution in [0.4, 0.5) is 5.69 Å². The molecule has 1 aliphatic rings. The zero-order valence-corrected chi connectivity index (χ0v) is 12.9. The van der Waals surface area contributed by atoms with E-state index in [1.54, 1.807) is 18.2 Å². The standard InChI is InChI=1S/C17H19NO2S/c1-21(19,20)15-9-5-8-14(12-15)18-17-11-4-7-13-6-2-3-10-16(13)17/h2-3,5-6,8-10,12,17-18H,4,7,11H2,1H3. The highest BCUT2D eigenvalue weighted by Crippen LogP contribution is 2.32. The molecule has 21 heavy (non-hydrogen) atoms. The Bertz CT molecular complexity index is 753. The summed E-state index contributed by atoms with van der Waals surface area (Å²) >= 11 is 0. The molecule has 1 unspecified atom stereocenters. The van der Waals surface area contributed by atoms with E-state index in [4.69, 9.17) is 0 Å². The molecule has 0 saturated heterocycles. The molecule has 2 aromatic rings. The first-order valence-electron chi connectivity index (χ1n) is 7.18. The van der Waals surface area contributed by atoms with Gasteiger partial charge in [0.2, 0.25) is 0 Å². The average Bonchev–Trinajstić information content (AvgIpc) is 2.47. The quantitative estimate of drug-likeness (QED) is 0.942. The van der Waals surface area contributed by atoms with Gasteiger partial charge in [-0.2, -0.15) is 0 Å². The van der Waals surface area contributed by atoms with Gasteiger partial charge in [0.15, 0.2) is 9.84 Å². The Kier molecular flexibility index (Phi) is 3.72. The van der Waals surface area contributed by atoms with Crippen LogP contribution in [0.25, 0.3) is 0 Å². The van der Waals surface area contributed by atoms with Gasteiger partial charge < -0.3 is 5.32 Å². The van der Waals surface area contributed by atoms with Crippen molar-refractivity contribution in [2.45, 2.75) is 30.2 Å². The monoisotopic (exact) mass is 301 g/mol. The normalized spacial score (nSPS) is 18.0. The third-order valence-electron chi connectivity index (χ3n) is 3.97. The maximum Gasteiger partial charge on any atom is 0.175 e. The van der Waals surface area contributed by atoms with Crippen molar-refractivity contribution < 1.29 is 8.42 Å². The van der Waals surface area contributed by atoms with Crippen LogP contribution in [0.5, 0.6) is 0 Å². The third kappa shape index (κ3) is 3.10. The number of fused-ring (bicyclic) bond motifs is 1. The van der Waals surface area contributed by atoms with Crippen molar-refractivity contribution in [2.24, 2.45) is 0 Å². The Hall–Kier alpha value is -1.81. The summed E-state index contributed by atoms with van der Waals surface area (Å²) in [4.78, 5) is 0.358. The first-order valence-corrected chi connectivity index (χ1v) is 9.07. The minimum absolute atomic E-state index is 0.254. The molecule has 0 bridgehead atoms.